The first-order valence-corrected chi connectivity index (χ1v) is 5.39. The van der Waals surface area contributed by atoms with Crippen molar-refractivity contribution in [2.45, 2.75) is 13.0 Å². The molecule has 0 aliphatic heterocycles. The number of hydrogen-bond acceptors (Lipinski definition) is 4. The van der Waals surface area contributed by atoms with Crippen LogP contribution in [0.1, 0.15) is 6.92 Å². The van der Waals surface area contributed by atoms with Crippen molar-refractivity contribution in [1.82, 2.24) is 5.32 Å². The molecule has 0 aromatic carbocycles. The third-order valence-corrected chi connectivity index (χ3v) is 2.18. The molecular formula is C6H14N2O4S. The first-order valence-electron chi connectivity index (χ1n) is 3.68. The average molecular weight is 210 g/mol. The lowest BCUT2D eigenvalue weighted by atomic mass is 10.4. The lowest BCUT2D eigenvalue weighted by Crippen LogP contribution is -2.37. The highest BCUT2D eigenvalue weighted by Gasteiger charge is 2.11. The Bertz CT molecular complexity index is 262. The third-order valence-electron chi connectivity index (χ3n) is 1.41. The summed E-state index contributed by atoms with van der Waals surface area (Å²) in [5, 5.41) is 7.09. The zero-order valence-corrected chi connectivity index (χ0v) is 8.43. The van der Waals surface area contributed by atoms with Crippen LogP contribution in [0, 0.1) is 0 Å². The summed E-state index contributed by atoms with van der Waals surface area (Å²) < 4.78 is 25.6. The summed E-state index contributed by atoms with van der Waals surface area (Å²) in [6, 6.07) is 0. The van der Waals surface area contributed by atoms with Gasteiger partial charge in [-0.15, -0.1) is 0 Å². The lowest BCUT2D eigenvalue weighted by molar-refractivity contribution is -0.129. The average Bonchev–Trinajstić information content (AvgIpc) is 2.00. The minimum absolute atomic E-state index is 0.00532. The van der Waals surface area contributed by atoms with Gasteiger partial charge in [-0.2, -0.15) is 0 Å². The Labute approximate surface area is 77.5 Å². The Morgan fingerprint density at radius 2 is 2.15 bits per heavy atom. The van der Waals surface area contributed by atoms with Crippen molar-refractivity contribution in [1.29, 1.82) is 0 Å². The van der Waals surface area contributed by atoms with E-state index in [-0.39, 0.29) is 18.2 Å². The van der Waals surface area contributed by atoms with Crippen LogP contribution in [0.3, 0.4) is 0 Å². The van der Waals surface area contributed by atoms with Gasteiger partial charge in [0, 0.05) is 13.7 Å². The second-order valence-electron chi connectivity index (χ2n) is 2.54. The summed E-state index contributed by atoms with van der Waals surface area (Å²) in [6.07, 6.45) is -0.583. The fraction of sp³-hybridized carbons (Fsp3) is 0.833. The van der Waals surface area contributed by atoms with E-state index in [9.17, 15) is 13.2 Å². The van der Waals surface area contributed by atoms with Crippen LogP contribution >= 0.6 is 0 Å². The maximum Gasteiger partial charge on any atom is 0.248 e. The molecule has 1 amide bonds. The number of rotatable bonds is 5. The van der Waals surface area contributed by atoms with E-state index in [1.54, 1.807) is 6.92 Å². The van der Waals surface area contributed by atoms with Gasteiger partial charge in [0.1, 0.15) is 6.10 Å². The number of carbonyl (C=O) groups is 1. The van der Waals surface area contributed by atoms with Gasteiger partial charge in [0.2, 0.25) is 15.9 Å². The number of ether oxygens (including phenoxy) is 1. The van der Waals surface area contributed by atoms with Crippen LogP contribution in [0.4, 0.5) is 0 Å². The van der Waals surface area contributed by atoms with Gasteiger partial charge in [0.15, 0.2) is 0 Å². The van der Waals surface area contributed by atoms with Crippen molar-refractivity contribution in [3.63, 3.8) is 0 Å². The molecule has 0 rings (SSSR count). The smallest absolute Gasteiger partial charge is 0.248 e. The Balaban J connectivity index is 3.72. The number of sulfonamides is 1. The van der Waals surface area contributed by atoms with E-state index in [0.717, 1.165) is 0 Å². The highest BCUT2D eigenvalue weighted by molar-refractivity contribution is 7.89. The second-order valence-corrected chi connectivity index (χ2v) is 4.27. The van der Waals surface area contributed by atoms with Crippen molar-refractivity contribution in [2.24, 2.45) is 5.14 Å². The van der Waals surface area contributed by atoms with Crippen LogP contribution in [-0.2, 0) is 19.6 Å². The van der Waals surface area contributed by atoms with E-state index < -0.39 is 16.1 Å². The number of hydrogen-bond donors (Lipinski definition) is 2. The first kappa shape index (κ1) is 12.3. The summed E-state index contributed by atoms with van der Waals surface area (Å²) in [4.78, 5) is 11.0. The molecule has 3 N–H and O–H groups in total. The van der Waals surface area contributed by atoms with E-state index in [2.05, 4.69) is 5.32 Å². The molecule has 0 aromatic rings. The standard InChI is InChI=1S/C6H14N2O4S/c1-5(12-2)6(9)8-3-4-13(7,10)11/h5H,3-4H2,1-2H3,(H,8,9)(H2,7,10,11). The molecule has 0 aromatic heterocycles. The summed E-state index contributed by atoms with van der Waals surface area (Å²) >= 11 is 0. The van der Waals surface area contributed by atoms with E-state index in [1.165, 1.54) is 7.11 Å². The largest absolute Gasteiger partial charge is 0.372 e. The van der Waals surface area contributed by atoms with Crippen molar-refractivity contribution in [3.8, 4) is 0 Å². The molecule has 1 atom stereocenters. The molecule has 0 saturated carbocycles. The van der Waals surface area contributed by atoms with Gasteiger partial charge < -0.3 is 10.1 Å². The molecule has 1 unspecified atom stereocenters. The molecule has 0 radical (unpaired) electrons. The summed E-state index contributed by atoms with van der Waals surface area (Å²) in [7, 11) is -2.11. The Morgan fingerprint density at radius 1 is 1.62 bits per heavy atom. The molecule has 0 spiro atoms. The van der Waals surface area contributed by atoms with Gasteiger partial charge >= 0.3 is 0 Å². The fourth-order valence-corrected chi connectivity index (χ4v) is 0.954. The van der Waals surface area contributed by atoms with Crippen LogP contribution in [0.15, 0.2) is 0 Å². The van der Waals surface area contributed by atoms with Gasteiger partial charge in [0.25, 0.3) is 0 Å². The number of methoxy groups -OCH3 is 1. The van der Waals surface area contributed by atoms with Gasteiger partial charge in [0.05, 0.1) is 5.75 Å². The Morgan fingerprint density at radius 3 is 2.54 bits per heavy atom. The highest BCUT2D eigenvalue weighted by atomic mass is 32.2. The fourth-order valence-electron chi connectivity index (χ4n) is 0.567. The van der Waals surface area contributed by atoms with Gasteiger partial charge in [-0.05, 0) is 6.92 Å². The van der Waals surface area contributed by atoms with Crippen molar-refractivity contribution in [3.05, 3.63) is 0 Å². The molecule has 6 nitrogen and oxygen atoms in total. The first-order chi connectivity index (χ1) is 5.87. The van der Waals surface area contributed by atoms with E-state index in [4.69, 9.17) is 9.88 Å². The lowest BCUT2D eigenvalue weighted by Gasteiger charge is -2.09. The zero-order chi connectivity index (χ0) is 10.5. The molecule has 0 saturated heterocycles. The SMILES string of the molecule is COC(C)C(=O)NCCS(N)(=O)=O. The van der Waals surface area contributed by atoms with Gasteiger partial charge in [-0.25, -0.2) is 13.6 Å². The van der Waals surface area contributed by atoms with Crippen LogP contribution in [0.25, 0.3) is 0 Å². The van der Waals surface area contributed by atoms with Crippen LogP contribution in [0.5, 0.6) is 0 Å². The van der Waals surface area contributed by atoms with E-state index in [0.29, 0.717) is 0 Å². The van der Waals surface area contributed by atoms with Crippen molar-refractivity contribution in [2.75, 3.05) is 19.4 Å². The quantitative estimate of drug-likeness (QED) is 0.572. The predicted octanol–water partition coefficient (Wildman–Crippen LogP) is -1.57. The number of nitrogens with one attached hydrogen (secondary N) is 1. The number of nitrogens with two attached hydrogens (primary N) is 1. The maximum absolute atomic E-state index is 11.0. The minimum Gasteiger partial charge on any atom is -0.372 e. The molecule has 0 bridgehead atoms. The summed E-state index contributed by atoms with van der Waals surface area (Å²) in [5.74, 6) is -0.624. The summed E-state index contributed by atoms with van der Waals surface area (Å²) in [5.41, 5.74) is 0. The van der Waals surface area contributed by atoms with Gasteiger partial charge in [-0.3, -0.25) is 4.79 Å². The second kappa shape index (κ2) is 5.15. The molecule has 0 aliphatic carbocycles. The molecule has 0 aliphatic rings. The Kier molecular flexibility index (Phi) is 4.89. The topological polar surface area (TPSA) is 98.5 Å². The van der Waals surface area contributed by atoms with Gasteiger partial charge in [-0.1, -0.05) is 0 Å². The normalized spacial score (nSPS) is 13.8. The molecular weight excluding hydrogens is 196 g/mol. The molecule has 7 heteroatoms. The van der Waals surface area contributed by atoms with Crippen LogP contribution < -0.4 is 10.5 Å². The molecule has 13 heavy (non-hydrogen) atoms. The van der Waals surface area contributed by atoms with Crippen LogP contribution in [-0.4, -0.2) is 39.8 Å². The number of amides is 1. The Hall–Kier alpha value is -0.660. The molecule has 78 valence electrons. The zero-order valence-electron chi connectivity index (χ0n) is 7.61. The predicted molar refractivity (Wildman–Crippen MR) is 47.5 cm³/mol. The number of primary sulfonamides is 1. The molecule has 0 fully saturated rings. The highest BCUT2D eigenvalue weighted by Crippen LogP contribution is 1.86. The van der Waals surface area contributed by atoms with E-state index >= 15 is 0 Å². The molecule has 0 heterocycles. The van der Waals surface area contributed by atoms with E-state index in [1.807, 2.05) is 0 Å². The monoisotopic (exact) mass is 210 g/mol. The number of carbonyl (C=O) groups excluding carboxylic acids is 1. The minimum atomic E-state index is -3.51. The van der Waals surface area contributed by atoms with Crippen molar-refractivity contribution >= 4 is 15.9 Å². The summed E-state index contributed by atoms with van der Waals surface area (Å²) in [6.45, 7) is 1.57. The van der Waals surface area contributed by atoms with Crippen LogP contribution in [0.2, 0.25) is 0 Å². The van der Waals surface area contributed by atoms with Crippen molar-refractivity contribution < 1.29 is 17.9 Å². The maximum atomic E-state index is 11.0. The third kappa shape index (κ3) is 6.50.